The minimum atomic E-state index is 0.129. The van der Waals surface area contributed by atoms with E-state index in [-0.39, 0.29) is 5.78 Å². The maximum absolute atomic E-state index is 12.3. The highest BCUT2D eigenvalue weighted by Crippen LogP contribution is 2.17. The van der Waals surface area contributed by atoms with E-state index in [0.29, 0.717) is 12.5 Å². The molecule has 1 heterocycles. The molecule has 1 aromatic carbocycles. The molecule has 0 fully saturated rings. The van der Waals surface area contributed by atoms with Gasteiger partial charge in [-0.2, -0.15) is 5.10 Å². The molecule has 0 aliphatic rings. The van der Waals surface area contributed by atoms with Crippen LogP contribution in [-0.2, 0) is 6.42 Å². The predicted molar refractivity (Wildman–Crippen MR) is 89.0 cm³/mol. The van der Waals surface area contributed by atoms with Gasteiger partial charge < -0.3 is 0 Å². The van der Waals surface area contributed by atoms with Crippen molar-refractivity contribution in [1.29, 1.82) is 0 Å². The third kappa shape index (κ3) is 3.48. The van der Waals surface area contributed by atoms with Gasteiger partial charge in [0.25, 0.3) is 0 Å². The van der Waals surface area contributed by atoms with Gasteiger partial charge in [-0.3, -0.25) is 9.48 Å². The summed E-state index contributed by atoms with van der Waals surface area (Å²) in [5, 5.41) is 4.54. The number of hydrogen-bond donors (Lipinski definition) is 0. The van der Waals surface area contributed by atoms with Crippen LogP contribution in [0.4, 0.5) is 0 Å². The summed E-state index contributed by atoms with van der Waals surface area (Å²) in [6.45, 7) is 4.32. The number of ketones is 1. The molecule has 2 aromatic rings. The molecule has 0 radical (unpaired) electrons. The van der Waals surface area contributed by atoms with Gasteiger partial charge in [-0.15, -0.1) is 0 Å². The number of nitrogens with zero attached hydrogens (tertiary/aromatic N) is 2. The van der Waals surface area contributed by atoms with Gasteiger partial charge in [0, 0.05) is 15.3 Å². The molecule has 0 amide bonds. The third-order valence-electron chi connectivity index (χ3n) is 3.50. The zero-order chi connectivity index (χ0) is 14.5. The summed E-state index contributed by atoms with van der Waals surface area (Å²) < 4.78 is 2.98. The van der Waals surface area contributed by atoms with Crippen LogP contribution in [0.15, 0.2) is 36.5 Å². The molecule has 0 saturated heterocycles. The summed E-state index contributed by atoms with van der Waals surface area (Å²) in [7, 11) is 0. The monoisotopic (exact) mass is 382 g/mol. The lowest BCUT2D eigenvalue weighted by Crippen LogP contribution is -2.10. The topological polar surface area (TPSA) is 34.9 Å². The summed E-state index contributed by atoms with van der Waals surface area (Å²) in [6.07, 6.45) is 4.47. The van der Waals surface area contributed by atoms with Crippen molar-refractivity contribution < 1.29 is 4.79 Å². The first-order valence-corrected chi connectivity index (χ1v) is 8.05. The van der Waals surface area contributed by atoms with E-state index in [2.05, 4.69) is 41.5 Å². The summed E-state index contributed by atoms with van der Waals surface area (Å²) in [6, 6.07) is 10.1. The van der Waals surface area contributed by atoms with Crippen LogP contribution in [0.5, 0.6) is 0 Å². The fourth-order valence-corrected chi connectivity index (χ4v) is 2.97. The van der Waals surface area contributed by atoms with Crippen molar-refractivity contribution >= 4 is 28.4 Å². The SMILES string of the molecule is CCC(CC)n1ccc(CC(=O)c2ccccc2I)n1. The molecule has 3 nitrogen and oxygen atoms in total. The quantitative estimate of drug-likeness (QED) is 0.552. The molecule has 20 heavy (non-hydrogen) atoms. The highest BCUT2D eigenvalue weighted by atomic mass is 127. The zero-order valence-corrected chi connectivity index (χ0v) is 14.0. The Morgan fingerprint density at radius 3 is 2.60 bits per heavy atom. The molecule has 0 aliphatic heterocycles. The number of carbonyl (C=O) groups excluding carboxylic acids is 1. The number of rotatable bonds is 6. The van der Waals surface area contributed by atoms with Crippen molar-refractivity contribution in [3.05, 3.63) is 51.4 Å². The molecule has 0 unspecified atom stereocenters. The summed E-state index contributed by atoms with van der Waals surface area (Å²) >= 11 is 2.20. The highest BCUT2D eigenvalue weighted by molar-refractivity contribution is 14.1. The van der Waals surface area contributed by atoms with Gasteiger partial charge in [-0.25, -0.2) is 0 Å². The van der Waals surface area contributed by atoms with E-state index < -0.39 is 0 Å². The number of Topliss-reactive ketones (excluding diaryl/α,β-unsaturated/α-hetero) is 1. The standard InChI is InChI=1S/C16H19IN2O/c1-3-13(4-2)19-10-9-12(18-19)11-16(20)14-7-5-6-8-15(14)17/h5-10,13H,3-4,11H2,1-2H3. The van der Waals surface area contributed by atoms with Crippen molar-refractivity contribution in [1.82, 2.24) is 9.78 Å². The Morgan fingerprint density at radius 1 is 1.25 bits per heavy atom. The maximum atomic E-state index is 12.3. The molecular weight excluding hydrogens is 363 g/mol. The van der Waals surface area contributed by atoms with Gasteiger partial charge in [0.05, 0.1) is 18.2 Å². The summed E-state index contributed by atoms with van der Waals surface area (Å²) in [4.78, 5) is 12.3. The zero-order valence-electron chi connectivity index (χ0n) is 11.8. The molecule has 0 atom stereocenters. The number of benzene rings is 1. The molecule has 2 rings (SSSR count). The van der Waals surface area contributed by atoms with Crippen LogP contribution in [0.25, 0.3) is 0 Å². The third-order valence-corrected chi connectivity index (χ3v) is 4.44. The van der Waals surface area contributed by atoms with E-state index >= 15 is 0 Å². The molecule has 1 aromatic heterocycles. The van der Waals surface area contributed by atoms with Crippen LogP contribution >= 0.6 is 22.6 Å². The molecule has 4 heteroatoms. The van der Waals surface area contributed by atoms with E-state index in [0.717, 1.165) is 27.7 Å². The van der Waals surface area contributed by atoms with Crippen LogP contribution in [0.2, 0.25) is 0 Å². The second-order valence-electron chi connectivity index (χ2n) is 4.84. The first-order valence-electron chi connectivity index (χ1n) is 6.97. The Morgan fingerprint density at radius 2 is 1.95 bits per heavy atom. The summed E-state index contributed by atoms with van der Waals surface area (Å²) in [5.74, 6) is 0.129. The van der Waals surface area contributed by atoms with Gasteiger partial charge in [-0.1, -0.05) is 32.0 Å². The van der Waals surface area contributed by atoms with Gasteiger partial charge >= 0.3 is 0 Å². The summed E-state index contributed by atoms with van der Waals surface area (Å²) in [5.41, 5.74) is 1.63. The van der Waals surface area contributed by atoms with E-state index in [1.165, 1.54) is 0 Å². The maximum Gasteiger partial charge on any atom is 0.169 e. The second kappa shape index (κ2) is 7.02. The van der Waals surface area contributed by atoms with Crippen molar-refractivity contribution in [2.45, 2.75) is 39.2 Å². The van der Waals surface area contributed by atoms with Crippen LogP contribution in [0.3, 0.4) is 0 Å². The average Bonchev–Trinajstić information content (AvgIpc) is 2.89. The van der Waals surface area contributed by atoms with Crippen LogP contribution in [0.1, 0.15) is 48.8 Å². The smallest absolute Gasteiger partial charge is 0.169 e. The van der Waals surface area contributed by atoms with E-state index in [9.17, 15) is 4.79 Å². The van der Waals surface area contributed by atoms with Crippen molar-refractivity contribution in [2.75, 3.05) is 0 Å². The van der Waals surface area contributed by atoms with Gasteiger partial charge in [-0.05, 0) is 47.6 Å². The first-order chi connectivity index (χ1) is 9.65. The molecule has 0 N–H and O–H groups in total. The molecule has 106 valence electrons. The molecule has 0 bridgehead atoms. The normalized spacial score (nSPS) is 11.0. The minimum Gasteiger partial charge on any atom is -0.294 e. The van der Waals surface area contributed by atoms with Crippen LogP contribution < -0.4 is 0 Å². The molecular formula is C16H19IN2O. The lowest BCUT2D eigenvalue weighted by molar-refractivity contribution is 0.0991. The number of aromatic nitrogens is 2. The second-order valence-corrected chi connectivity index (χ2v) is 6.00. The Labute approximate surface area is 133 Å². The Hall–Kier alpha value is -1.17. The number of hydrogen-bond acceptors (Lipinski definition) is 2. The molecule has 0 saturated carbocycles. The Balaban J connectivity index is 2.11. The predicted octanol–water partition coefficient (Wildman–Crippen LogP) is 4.27. The average molecular weight is 382 g/mol. The van der Waals surface area contributed by atoms with E-state index in [1.807, 2.05) is 41.2 Å². The lowest BCUT2D eigenvalue weighted by Gasteiger charge is -2.12. The van der Waals surface area contributed by atoms with Crippen molar-refractivity contribution in [3.8, 4) is 0 Å². The largest absolute Gasteiger partial charge is 0.294 e. The number of carbonyl (C=O) groups is 1. The molecule has 0 spiro atoms. The van der Waals surface area contributed by atoms with Gasteiger partial charge in [0.1, 0.15) is 0 Å². The van der Waals surface area contributed by atoms with Crippen molar-refractivity contribution in [3.63, 3.8) is 0 Å². The highest BCUT2D eigenvalue weighted by Gasteiger charge is 2.13. The van der Waals surface area contributed by atoms with E-state index in [1.54, 1.807) is 0 Å². The Kier molecular flexibility index (Phi) is 5.34. The Bertz CT molecular complexity index is 588. The van der Waals surface area contributed by atoms with Gasteiger partial charge in [0.2, 0.25) is 0 Å². The van der Waals surface area contributed by atoms with E-state index in [4.69, 9.17) is 0 Å². The fourth-order valence-electron chi connectivity index (χ4n) is 2.28. The van der Waals surface area contributed by atoms with Crippen LogP contribution in [-0.4, -0.2) is 15.6 Å². The fraction of sp³-hybridized carbons (Fsp3) is 0.375. The van der Waals surface area contributed by atoms with Crippen molar-refractivity contribution in [2.24, 2.45) is 0 Å². The molecule has 0 aliphatic carbocycles. The lowest BCUT2D eigenvalue weighted by atomic mass is 10.1. The minimum absolute atomic E-state index is 0.129. The number of halogens is 1. The van der Waals surface area contributed by atoms with Crippen LogP contribution in [0, 0.1) is 3.57 Å². The van der Waals surface area contributed by atoms with Gasteiger partial charge in [0.15, 0.2) is 5.78 Å². The first kappa shape index (κ1) is 15.2.